The predicted molar refractivity (Wildman–Crippen MR) is 99.7 cm³/mol. The van der Waals surface area contributed by atoms with Gasteiger partial charge in [0.05, 0.1) is 12.0 Å². The first-order valence-corrected chi connectivity index (χ1v) is 9.48. The van der Waals surface area contributed by atoms with Crippen molar-refractivity contribution in [1.82, 2.24) is 4.90 Å². The molecule has 0 N–H and O–H groups in total. The molecule has 0 amide bonds. The molecule has 0 radical (unpaired) electrons. The van der Waals surface area contributed by atoms with Gasteiger partial charge in [-0.15, -0.1) is 0 Å². The first kappa shape index (κ1) is 18.9. The number of anilines is 1. The largest absolute Gasteiger partial charge is 0.490 e. The van der Waals surface area contributed by atoms with Crippen LogP contribution in [0.3, 0.4) is 0 Å². The van der Waals surface area contributed by atoms with Gasteiger partial charge in [0.1, 0.15) is 6.67 Å². The number of methoxy groups -OCH3 is 1. The molecule has 0 aliphatic carbocycles. The van der Waals surface area contributed by atoms with Crippen LogP contribution in [-0.2, 0) is 0 Å². The fourth-order valence-electron chi connectivity index (χ4n) is 4.41. The number of likely N-dealkylation sites (tertiary alicyclic amines) is 1. The summed E-state index contributed by atoms with van der Waals surface area (Å²) in [7, 11) is 1.47. The van der Waals surface area contributed by atoms with Crippen LogP contribution in [0.4, 0.5) is 15.8 Å². The van der Waals surface area contributed by atoms with Crippen molar-refractivity contribution in [1.29, 1.82) is 0 Å². The fourth-order valence-corrected chi connectivity index (χ4v) is 4.41. The molecule has 0 bridgehead atoms. The van der Waals surface area contributed by atoms with Crippen LogP contribution in [0.5, 0.6) is 5.75 Å². The third kappa shape index (κ3) is 4.26. The zero-order valence-corrected chi connectivity index (χ0v) is 15.4. The summed E-state index contributed by atoms with van der Waals surface area (Å²) in [4.78, 5) is 15.1. The van der Waals surface area contributed by atoms with Gasteiger partial charge in [-0.05, 0) is 56.7 Å². The predicted octanol–water partition coefficient (Wildman–Crippen LogP) is 3.50. The first-order chi connectivity index (χ1) is 12.6. The van der Waals surface area contributed by atoms with Crippen LogP contribution in [0, 0.1) is 22.0 Å². The Morgan fingerprint density at radius 1 is 1.15 bits per heavy atom. The fraction of sp³-hybridized carbons (Fsp3) is 0.684. The quantitative estimate of drug-likeness (QED) is 0.570. The first-order valence-electron chi connectivity index (χ1n) is 9.48. The molecule has 144 valence electrons. The van der Waals surface area contributed by atoms with Crippen molar-refractivity contribution in [2.24, 2.45) is 11.8 Å². The number of halogens is 1. The maximum atomic E-state index is 12.5. The normalized spacial score (nSPS) is 20.3. The van der Waals surface area contributed by atoms with Gasteiger partial charge in [0.2, 0.25) is 0 Å². The van der Waals surface area contributed by atoms with Gasteiger partial charge in [-0.1, -0.05) is 0 Å². The van der Waals surface area contributed by atoms with E-state index in [0.717, 1.165) is 56.5 Å². The number of nitrogens with zero attached hydrogens (tertiary/aromatic N) is 3. The molecule has 26 heavy (non-hydrogen) atoms. The van der Waals surface area contributed by atoms with Crippen molar-refractivity contribution in [2.45, 2.75) is 25.7 Å². The summed E-state index contributed by atoms with van der Waals surface area (Å²) < 4.78 is 17.6. The highest BCUT2D eigenvalue weighted by atomic mass is 19.1. The van der Waals surface area contributed by atoms with E-state index in [1.807, 2.05) is 6.07 Å². The molecule has 7 heteroatoms. The third-order valence-corrected chi connectivity index (χ3v) is 5.96. The van der Waals surface area contributed by atoms with Crippen molar-refractivity contribution in [3.8, 4) is 5.75 Å². The molecule has 1 aromatic carbocycles. The molecule has 0 atom stereocenters. The number of rotatable bonds is 6. The second-order valence-electron chi connectivity index (χ2n) is 7.31. The van der Waals surface area contributed by atoms with Crippen LogP contribution >= 0.6 is 0 Å². The van der Waals surface area contributed by atoms with Crippen LogP contribution in [0.15, 0.2) is 18.2 Å². The van der Waals surface area contributed by atoms with Crippen molar-refractivity contribution in [3.63, 3.8) is 0 Å². The van der Waals surface area contributed by atoms with Crippen molar-refractivity contribution < 1.29 is 14.1 Å². The standard InChI is InChI=1S/C19H28FN3O3/c1-26-19-14-17(2-3-18(19)23(24)25)22-11-6-16(7-12-22)15-4-9-21(10-5-15)13-8-20/h2-3,14-16H,4-13H2,1H3. The number of nitro benzene ring substituents is 1. The van der Waals surface area contributed by atoms with E-state index in [2.05, 4.69) is 9.80 Å². The molecule has 0 spiro atoms. The monoisotopic (exact) mass is 365 g/mol. The SMILES string of the molecule is COc1cc(N2CCC(C3CCN(CCF)CC3)CC2)ccc1[N+](=O)[O-]. The van der Waals surface area contributed by atoms with Crippen LogP contribution in [-0.4, -0.2) is 56.3 Å². The average molecular weight is 365 g/mol. The van der Waals surface area contributed by atoms with Gasteiger partial charge in [0.25, 0.3) is 0 Å². The Hall–Kier alpha value is -1.89. The molecule has 0 unspecified atom stereocenters. The minimum absolute atomic E-state index is 0.00572. The van der Waals surface area contributed by atoms with E-state index in [1.54, 1.807) is 6.07 Å². The van der Waals surface area contributed by atoms with Crippen molar-refractivity contribution in [2.75, 3.05) is 51.4 Å². The van der Waals surface area contributed by atoms with E-state index >= 15 is 0 Å². The van der Waals surface area contributed by atoms with Crippen LogP contribution in [0.2, 0.25) is 0 Å². The summed E-state index contributed by atoms with van der Waals surface area (Å²) >= 11 is 0. The van der Waals surface area contributed by atoms with Gasteiger partial charge in [-0.25, -0.2) is 4.39 Å². The number of alkyl halides is 1. The molecule has 0 aromatic heterocycles. The molecule has 2 aliphatic heterocycles. The Labute approximate surface area is 154 Å². The second kappa shape index (κ2) is 8.66. The molecular formula is C19H28FN3O3. The van der Waals surface area contributed by atoms with Crippen LogP contribution in [0.1, 0.15) is 25.7 Å². The topological polar surface area (TPSA) is 58.8 Å². The highest BCUT2D eigenvalue weighted by molar-refractivity contribution is 5.59. The Kier molecular flexibility index (Phi) is 6.29. The molecule has 2 saturated heterocycles. The zero-order valence-electron chi connectivity index (χ0n) is 15.4. The summed E-state index contributed by atoms with van der Waals surface area (Å²) in [5.41, 5.74) is 0.995. The van der Waals surface area contributed by atoms with Gasteiger partial charge in [-0.3, -0.25) is 10.1 Å². The highest BCUT2D eigenvalue weighted by Crippen LogP contribution is 2.36. The molecule has 2 aliphatic rings. The minimum Gasteiger partial charge on any atom is -0.490 e. The lowest BCUT2D eigenvalue weighted by atomic mass is 9.78. The molecule has 2 heterocycles. The Bertz CT molecular complexity index is 612. The van der Waals surface area contributed by atoms with E-state index in [0.29, 0.717) is 12.3 Å². The second-order valence-corrected chi connectivity index (χ2v) is 7.31. The van der Waals surface area contributed by atoms with E-state index < -0.39 is 4.92 Å². The van der Waals surface area contributed by atoms with Gasteiger partial charge >= 0.3 is 5.69 Å². The summed E-state index contributed by atoms with van der Waals surface area (Å²) in [6.45, 7) is 4.31. The van der Waals surface area contributed by atoms with E-state index in [9.17, 15) is 14.5 Å². The number of nitro groups is 1. The average Bonchev–Trinajstić information content (AvgIpc) is 2.68. The Balaban J connectivity index is 1.55. The van der Waals surface area contributed by atoms with E-state index in [1.165, 1.54) is 26.0 Å². The molecular weight excluding hydrogens is 337 g/mol. The highest BCUT2D eigenvalue weighted by Gasteiger charge is 2.30. The number of hydrogen-bond donors (Lipinski definition) is 0. The molecule has 2 fully saturated rings. The number of ether oxygens (including phenoxy) is 1. The van der Waals surface area contributed by atoms with Crippen LogP contribution in [0.25, 0.3) is 0 Å². The maximum absolute atomic E-state index is 12.5. The molecule has 3 rings (SSSR count). The number of hydrogen-bond acceptors (Lipinski definition) is 5. The summed E-state index contributed by atoms with van der Waals surface area (Å²) in [5.74, 6) is 1.80. The smallest absolute Gasteiger partial charge is 0.311 e. The number of piperidine rings is 2. The van der Waals surface area contributed by atoms with Crippen LogP contribution < -0.4 is 9.64 Å². The zero-order chi connectivity index (χ0) is 18.5. The Morgan fingerprint density at radius 2 is 1.77 bits per heavy atom. The van der Waals surface area contributed by atoms with Crippen molar-refractivity contribution >= 4 is 11.4 Å². The van der Waals surface area contributed by atoms with E-state index in [4.69, 9.17) is 4.74 Å². The minimum atomic E-state index is -0.413. The van der Waals surface area contributed by atoms with Crippen molar-refractivity contribution in [3.05, 3.63) is 28.3 Å². The van der Waals surface area contributed by atoms with Gasteiger partial charge in [0, 0.05) is 37.5 Å². The van der Waals surface area contributed by atoms with Gasteiger partial charge in [0.15, 0.2) is 5.75 Å². The molecule has 0 saturated carbocycles. The maximum Gasteiger partial charge on any atom is 0.311 e. The lowest BCUT2D eigenvalue weighted by molar-refractivity contribution is -0.385. The summed E-state index contributed by atoms with van der Waals surface area (Å²) in [6, 6.07) is 5.12. The van der Waals surface area contributed by atoms with Gasteiger partial charge < -0.3 is 14.5 Å². The summed E-state index contributed by atoms with van der Waals surface area (Å²) in [5, 5.41) is 11.0. The van der Waals surface area contributed by atoms with E-state index in [-0.39, 0.29) is 12.4 Å². The molecule has 1 aromatic rings. The Morgan fingerprint density at radius 3 is 2.31 bits per heavy atom. The van der Waals surface area contributed by atoms with Gasteiger partial charge in [-0.2, -0.15) is 0 Å². The molecule has 6 nitrogen and oxygen atoms in total. The number of benzene rings is 1. The summed E-state index contributed by atoms with van der Waals surface area (Å²) in [6.07, 6.45) is 4.65. The third-order valence-electron chi connectivity index (χ3n) is 5.96. The lowest BCUT2D eigenvalue weighted by Gasteiger charge is -2.40. The lowest BCUT2D eigenvalue weighted by Crippen LogP contribution is -2.41.